The molecule has 1 rings (SSSR count). The first-order valence-corrected chi connectivity index (χ1v) is 4.46. The van der Waals surface area contributed by atoms with Gasteiger partial charge in [0.05, 0.1) is 0 Å². The van der Waals surface area contributed by atoms with Gasteiger partial charge in [-0.3, -0.25) is 3.53 Å². The second-order valence-corrected chi connectivity index (χ2v) is 3.50. The third kappa shape index (κ3) is 2.05. The molecule has 2 nitrogen and oxygen atoms in total. The molecule has 1 heterocycles. The van der Waals surface area contributed by atoms with Crippen LogP contribution in [0.3, 0.4) is 0 Å². The predicted octanol–water partition coefficient (Wildman–Crippen LogP) is 0.781. The van der Waals surface area contributed by atoms with E-state index < -0.39 is 0 Å². The molecule has 1 unspecified atom stereocenters. The molecule has 1 atom stereocenters. The summed E-state index contributed by atoms with van der Waals surface area (Å²) in [6.45, 7) is 5.89. The van der Waals surface area contributed by atoms with Gasteiger partial charge in [-0.15, -0.1) is 0 Å². The van der Waals surface area contributed by atoms with Crippen LogP contribution in [-0.4, -0.2) is 19.6 Å². The van der Waals surface area contributed by atoms with E-state index in [2.05, 4.69) is 38.6 Å². The topological polar surface area (TPSA) is 24.1 Å². The standard InChI is InChI=1S/C6H13IN2/c1-5(2-9-7)6-3-8-4-6/h5-6,8-9H,2-4H2,1H3. The number of halogens is 1. The van der Waals surface area contributed by atoms with Gasteiger partial charge in [0, 0.05) is 29.4 Å². The van der Waals surface area contributed by atoms with E-state index in [4.69, 9.17) is 0 Å². The highest BCUT2D eigenvalue weighted by Gasteiger charge is 2.22. The second-order valence-electron chi connectivity index (χ2n) is 2.73. The fourth-order valence-corrected chi connectivity index (χ4v) is 1.70. The van der Waals surface area contributed by atoms with E-state index in [0.717, 1.165) is 18.4 Å². The van der Waals surface area contributed by atoms with Crippen LogP contribution in [-0.2, 0) is 0 Å². The van der Waals surface area contributed by atoms with Crippen molar-refractivity contribution in [3.8, 4) is 0 Å². The highest BCUT2D eigenvalue weighted by Crippen LogP contribution is 2.14. The molecule has 0 radical (unpaired) electrons. The molecule has 54 valence electrons. The lowest BCUT2D eigenvalue weighted by molar-refractivity contribution is 0.252. The number of hydrogen-bond acceptors (Lipinski definition) is 2. The molecule has 0 aliphatic carbocycles. The minimum atomic E-state index is 0.836. The van der Waals surface area contributed by atoms with Crippen LogP contribution in [0.4, 0.5) is 0 Å². The Bertz CT molecular complexity index is 83.1. The maximum Gasteiger partial charge on any atom is 0.0169 e. The predicted molar refractivity (Wildman–Crippen MR) is 47.5 cm³/mol. The van der Waals surface area contributed by atoms with Gasteiger partial charge in [0.2, 0.25) is 0 Å². The van der Waals surface area contributed by atoms with Crippen molar-refractivity contribution in [2.75, 3.05) is 19.6 Å². The molecule has 1 saturated heterocycles. The Hall–Kier alpha value is 0.650. The number of rotatable bonds is 3. The van der Waals surface area contributed by atoms with E-state index in [0.29, 0.717) is 0 Å². The molecule has 0 amide bonds. The van der Waals surface area contributed by atoms with Crippen LogP contribution in [0, 0.1) is 11.8 Å². The summed E-state index contributed by atoms with van der Waals surface area (Å²) in [6.07, 6.45) is 0. The highest BCUT2D eigenvalue weighted by atomic mass is 127. The normalized spacial score (nSPS) is 23.3. The van der Waals surface area contributed by atoms with Crippen LogP contribution < -0.4 is 8.85 Å². The Morgan fingerprint density at radius 2 is 2.44 bits per heavy atom. The van der Waals surface area contributed by atoms with Crippen molar-refractivity contribution >= 4 is 22.9 Å². The number of nitrogens with one attached hydrogen (secondary N) is 2. The molecule has 1 aliphatic heterocycles. The van der Waals surface area contributed by atoms with Gasteiger partial charge in [-0.1, -0.05) is 6.92 Å². The first-order valence-electron chi connectivity index (χ1n) is 3.39. The zero-order valence-corrected chi connectivity index (χ0v) is 7.81. The van der Waals surface area contributed by atoms with Crippen molar-refractivity contribution in [1.29, 1.82) is 0 Å². The van der Waals surface area contributed by atoms with Crippen molar-refractivity contribution in [2.24, 2.45) is 11.8 Å². The summed E-state index contributed by atoms with van der Waals surface area (Å²) in [5.41, 5.74) is 0. The van der Waals surface area contributed by atoms with Gasteiger partial charge in [0.15, 0.2) is 0 Å². The van der Waals surface area contributed by atoms with E-state index in [-0.39, 0.29) is 0 Å². The average molecular weight is 240 g/mol. The summed E-state index contributed by atoms with van der Waals surface area (Å²) < 4.78 is 3.16. The summed E-state index contributed by atoms with van der Waals surface area (Å²) in [6, 6.07) is 0. The van der Waals surface area contributed by atoms with Gasteiger partial charge in [0.1, 0.15) is 0 Å². The lowest BCUT2D eigenvalue weighted by Crippen LogP contribution is -2.47. The third-order valence-corrected chi connectivity index (χ3v) is 2.46. The quantitative estimate of drug-likeness (QED) is 0.562. The van der Waals surface area contributed by atoms with Crippen LogP contribution >= 0.6 is 22.9 Å². The molecule has 0 aromatic heterocycles. The van der Waals surface area contributed by atoms with Gasteiger partial charge in [-0.05, 0) is 24.9 Å². The van der Waals surface area contributed by atoms with Gasteiger partial charge in [0.25, 0.3) is 0 Å². The minimum absolute atomic E-state index is 0.836. The molecular formula is C6H13IN2. The van der Waals surface area contributed by atoms with Gasteiger partial charge in [-0.25, -0.2) is 0 Å². The minimum Gasteiger partial charge on any atom is -0.316 e. The Morgan fingerprint density at radius 1 is 1.78 bits per heavy atom. The Morgan fingerprint density at radius 3 is 2.78 bits per heavy atom. The van der Waals surface area contributed by atoms with Gasteiger partial charge < -0.3 is 5.32 Å². The molecule has 3 heteroatoms. The maximum atomic E-state index is 3.27. The van der Waals surface area contributed by atoms with E-state index in [9.17, 15) is 0 Å². The molecule has 2 N–H and O–H groups in total. The van der Waals surface area contributed by atoms with Crippen molar-refractivity contribution in [3.05, 3.63) is 0 Å². The highest BCUT2D eigenvalue weighted by molar-refractivity contribution is 14.1. The van der Waals surface area contributed by atoms with E-state index in [1.54, 1.807) is 0 Å². The fraction of sp³-hybridized carbons (Fsp3) is 1.00. The van der Waals surface area contributed by atoms with E-state index in [1.165, 1.54) is 13.1 Å². The summed E-state index contributed by atoms with van der Waals surface area (Å²) in [4.78, 5) is 0. The van der Waals surface area contributed by atoms with Crippen molar-refractivity contribution in [3.63, 3.8) is 0 Å². The SMILES string of the molecule is CC(CNI)C1CNC1. The van der Waals surface area contributed by atoms with Crippen LogP contribution in [0.1, 0.15) is 6.92 Å². The average Bonchev–Trinajstić information content (AvgIpc) is 1.60. The molecule has 9 heavy (non-hydrogen) atoms. The lowest BCUT2D eigenvalue weighted by Gasteiger charge is -2.32. The van der Waals surface area contributed by atoms with E-state index in [1.807, 2.05) is 0 Å². The third-order valence-electron chi connectivity index (χ3n) is 2.02. The molecule has 1 aliphatic rings. The van der Waals surface area contributed by atoms with Crippen LogP contribution in [0.5, 0.6) is 0 Å². The molecule has 0 spiro atoms. The molecule has 0 bridgehead atoms. The summed E-state index contributed by atoms with van der Waals surface area (Å²) in [7, 11) is 0. The molecule has 0 aromatic carbocycles. The van der Waals surface area contributed by atoms with Gasteiger partial charge >= 0.3 is 0 Å². The van der Waals surface area contributed by atoms with Crippen LogP contribution in [0.25, 0.3) is 0 Å². The van der Waals surface area contributed by atoms with Crippen LogP contribution in [0.2, 0.25) is 0 Å². The number of hydrogen-bond donors (Lipinski definition) is 2. The van der Waals surface area contributed by atoms with Crippen molar-refractivity contribution in [1.82, 2.24) is 8.85 Å². The Kier molecular flexibility index (Phi) is 3.21. The Balaban J connectivity index is 2.08. The van der Waals surface area contributed by atoms with Gasteiger partial charge in [-0.2, -0.15) is 0 Å². The smallest absolute Gasteiger partial charge is 0.0169 e. The monoisotopic (exact) mass is 240 g/mol. The molecule has 1 fully saturated rings. The largest absolute Gasteiger partial charge is 0.316 e. The fourth-order valence-electron chi connectivity index (χ4n) is 1.00. The summed E-state index contributed by atoms with van der Waals surface area (Å²) in [5.74, 6) is 1.76. The van der Waals surface area contributed by atoms with Crippen molar-refractivity contribution in [2.45, 2.75) is 6.92 Å². The Labute approximate surface area is 70.3 Å². The first-order chi connectivity index (χ1) is 4.34. The molecular weight excluding hydrogens is 227 g/mol. The first kappa shape index (κ1) is 7.75. The van der Waals surface area contributed by atoms with Crippen molar-refractivity contribution < 1.29 is 0 Å². The summed E-state index contributed by atoms with van der Waals surface area (Å²) >= 11 is 2.21. The lowest BCUT2D eigenvalue weighted by atomic mass is 9.89. The van der Waals surface area contributed by atoms with Crippen LogP contribution in [0.15, 0.2) is 0 Å². The zero-order valence-electron chi connectivity index (χ0n) is 5.65. The maximum absolute atomic E-state index is 3.27. The molecule has 0 aromatic rings. The second kappa shape index (κ2) is 3.73. The molecule has 0 saturated carbocycles. The zero-order chi connectivity index (χ0) is 6.69. The summed E-state index contributed by atoms with van der Waals surface area (Å²) in [5, 5.41) is 3.27. The van der Waals surface area contributed by atoms with E-state index >= 15 is 0 Å².